The van der Waals surface area contributed by atoms with Crippen LogP contribution in [0.4, 0.5) is 5.69 Å². The first-order chi connectivity index (χ1) is 17.2. The average Bonchev–Trinajstić information content (AvgIpc) is 2.91. The van der Waals surface area contributed by atoms with Crippen molar-refractivity contribution in [3.8, 4) is 11.5 Å². The Kier molecular flexibility index (Phi) is 6.26. The Morgan fingerprint density at radius 2 is 2.11 bits per heavy atom. The molecule has 2 aromatic carbocycles. The predicted molar refractivity (Wildman–Crippen MR) is 139 cm³/mol. The van der Waals surface area contributed by atoms with Crippen molar-refractivity contribution in [2.45, 2.75) is 42.8 Å². The number of piperidine rings is 1. The van der Waals surface area contributed by atoms with E-state index in [1.54, 1.807) is 18.9 Å². The summed E-state index contributed by atoms with van der Waals surface area (Å²) in [4.78, 5) is 20.0. The molecular weight excluding hydrogens is 460 g/mol. The smallest absolute Gasteiger partial charge is 0.234 e. The lowest BCUT2D eigenvalue weighted by Gasteiger charge is -2.40. The van der Waals surface area contributed by atoms with E-state index in [1.807, 2.05) is 18.3 Å². The van der Waals surface area contributed by atoms with Crippen LogP contribution in [-0.2, 0) is 17.8 Å². The number of hydrogen-bond donors (Lipinski definition) is 2. The number of hydrogen-bond acceptors (Lipinski definition) is 7. The normalized spacial score (nSPS) is 20.6. The monoisotopic (exact) mass is 490 g/mol. The second-order valence-corrected chi connectivity index (χ2v) is 10.5. The number of methoxy groups -OCH3 is 1. The molecule has 1 aromatic heterocycles. The van der Waals surface area contributed by atoms with Crippen LogP contribution in [0.25, 0.3) is 10.9 Å². The van der Waals surface area contributed by atoms with E-state index in [9.17, 15) is 4.79 Å². The summed E-state index contributed by atoms with van der Waals surface area (Å²) in [6.07, 6.45) is 5.07. The number of nitrogens with one attached hydrogen (secondary N) is 2. The predicted octanol–water partition coefficient (Wildman–Crippen LogP) is 3.85. The fraction of sp³-hybridized carbons (Fsp3) is 0.407. The van der Waals surface area contributed by atoms with Crippen molar-refractivity contribution in [2.24, 2.45) is 0 Å². The van der Waals surface area contributed by atoms with Crippen molar-refractivity contribution < 1.29 is 14.3 Å². The van der Waals surface area contributed by atoms with E-state index in [4.69, 9.17) is 9.47 Å². The van der Waals surface area contributed by atoms with Gasteiger partial charge in [0.2, 0.25) is 5.91 Å². The first-order valence-electron chi connectivity index (χ1n) is 12.3. The first-order valence-corrected chi connectivity index (χ1v) is 13.3. The maximum atomic E-state index is 11.7. The lowest BCUT2D eigenvalue weighted by molar-refractivity contribution is -0.113. The van der Waals surface area contributed by atoms with Crippen LogP contribution in [0.5, 0.6) is 11.5 Å². The van der Waals surface area contributed by atoms with Gasteiger partial charge < -0.3 is 20.1 Å². The van der Waals surface area contributed by atoms with E-state index in [0.29, 0.717) is 24.4 Å². The zero-order valence-electron chi connectivity index (χ0n) is 19.9. The van der Waals surface area contributed by atoms with E-state index < -0.39 is 0 Å². The van der Waals surface area contributed by atoms with Crippen molar-refractivity contribution in [1.82, 2.24) is 15.2 Å². The lowest BCUT2D eigenvalue weighted by atomic mass is 9.95. The number of carbonyl (C=O) groups is 1. The summed E-state index contributed by atoms with van der Waals surface area (Å²) in [5.41, 5.74) is 4.38. The Balaban J connectivity index is 1.06. The standard InChI is InChI=1S/C27H30N4O3S/c1-33-20-3-4-23-21(12-20)22-11-19(15-34-25(22)14-29-23)31-8-6-18(7-9-31)28-13-17-2-5-26-24(10-17)30-27(32)16-35-26/h2-5,10,12,14,18-19,28H,6-9,11,13,15-16H2,1H3,(H,30,32). The van der Waals surface area contributed by atoms with Gasteiger partial charge in [-0.05, 0) is 55.2 Å². The molecule has 3 aromatic rings. The van der Waals surface area contributed by atoms with Gasteiger partial charge in [0, 0.05) is 47.6 Å². The fourth-order valence-electron chi connectivity index (χ4n) is 5.36. The zero-order chi connectivity index (χ0) is 23.8. The minimum Gasteiger partial charge on any atom is -0.497 e. The summed E-state index contributed by atoms with van der Waals surface area (Å²) in [5, 5.41) is 7.85. The molecule has 3 aliphatic rings. The highest BCUT2D eigenvalue weighted by Crippen LogP contribution is 2.35. The van der Waals surface area contributed by atoms with Crippen LogP contribution in [0, 0.1) is 0 Å². The van der Waals surface area contributed by atoms with Gasteiger partial charge in [0.15, 0.2) is 0 Å². The molecule has 1 fully saturated rings. The van der Waals surface area contributed by atoms with Gasteiger partial charge in [-0.25, -0.2) is 0 Å². The highest BCUT2D eigenvalue weighted by molar-refractivity contribution is 8.00. The number of ether oxygens (including phenoxy) is 2. The summed E-state index contributed by atoms with van der Waals surface area (Å²) < 4.78 is 11.6. The van der Waals surface area contributed by atoms with Crippen LogP contribution in [-0.4, -0.2) is 60.4 Å². The summed E-state index contributed by atoms with van der Waals surface area (Å²) >= 11 is 1.61. The number of rotatable bonds is 5. The van der Waals surface area contributed by atoms with E-state index in [1.165, 1.54) is 11.1 Å². The molecule has 2 N–H and O–H groups in total. The van der Waals surface area contributed by atoms with Crippen molar-refractivity contribution in [1.29, 1.82) is 0 Å². The summed E-state index contributed by atoms with van der Waals surface area (Å²) in [6, 6.07) is 13.3. The molecule has 35 heavy (non-hydrogen) atoms. The number of fused-ring (bicyclic) bond motifs is 4. The van der Waals surface area contributed by atoms with Gasteiger partial charge in [0.25, 0.3) is 0 Å². The minimum absolute atomic E-state index is 0.0812. The third-order valence-corrected chi connectivity index (χ3v) is 8.41. The number of anilines is 1. The molecule has 0 saturated carbocycles. The van der Waals surface area contributed by atoms with Crippen molar-refractivity contribution in [2.75, 3.05) is 37.9 Å². The molecule has 8 heteroatoms. The fourth-order valence-corrected chi connectivity index (χ4v) is 6.14. The summed E-state index contributed by atoms with van der Waals surface area (Å²) in [6.45, 7) is 3.65. The van der Waals surface area contributed by atoms with Gasteiger partial charge in [0.05, 0.1) is 30.3 Å². The number of nitrogens with zero attached hydrogens (tertiary/aromatic N) is 2. The number of aromatic nitrogens is 1. The molecule has 182 valence electrons. The molecule has 1 unspecified atom stereocenters. The highest BCUT2D eigenvalue weighted by atomic mass is 32.2. The van der Waals surface area contributed by atoms with Gasteiger partial charge in [0.1, 0.15) is 18.1 Å². The van der Waals surface area contributed by atoms with E-state index >= 15 is 0 Å². The first kappa shape index (κ1) is 22.6. The number of thioether (sulfide) groups is 1. The van der Waals surface area contributed by atoms with Crippen molar-refractivity contribution in [3.05, 3.63) is 53.7 Å². The third-order valence-electron chi connectivity index (χ3n) is 7.34. The molecule has 0 aliphatic carbocycles. The molecule has 4 heterocycles. The Morgan fingerprint density at radius 3 is 2.97 bits per heavy atom. The molecular formula is C27H30N4O3S. The Bertz CT molecular complexity index is 1250. The molecule has 1 atom stereocenters. The molecule has 6 rings (SSSR count). The number of pyridine rings is 1. The van der Waals surface area contributed by atoms with Crippen LogP contribution in [0.1, 0.15) is 24.0 Å². The number of amides is 1. The maximum absolute atomic E-state index is 11.7. The number of benzene rings is 2. The molecule has 0 radical (unpaired) electrons. The van der Waals surface area contributed by atoms with Crippen LogP contribution in [0.15, 0.2) is 47.5 Å². The number of carbonyl (C=O) groups excluding carboxylic acids is 1. The molecule has 0 spiro atoms. The van der Waals surface area contributed by atoms with Crippen molar-refractivity contribution >= 4 is 34.3 Å². The summed E-state index contributed by atoms with van der Waals surface area (Å²) in [5.74, 6) is 2.33. The minimum atomic E-state index is 0.0812. The van der Waals surface area contributed by atoms with Crippen molar-refractivity contribution in [3.63, 3.8) is 0 Å². The SMILES string of the molecule is COc1ccc2ncc3c(c2c1)CC(N1CCC(NCc2ccc4c(c2)NC(=O)CS4)CC1)CO3. The molecule has 0 bridgehead atoms. The highest BCUT2D eigenvalue weighted by Gasteiger charge is 2.30. The second kappa shape index (κ2) is 9.68. The van der Waals surface area contributed by atoms with Crippen LogP contribution in [0.3, 0.4) is 0 Å². The van der Waals surface area contributed by atoms with Gasteiger partial charge in [-0.15, -0.1) is 11.8 Å². The van der Waals surface area contributed by atoms with Gasteiger partial charge >= 0.3 is 0 Å². The Hall–Kier alpha value is -2.81. The van der Waals surface area contributed by atoms with Crippen LogP contribution in [0.2, 0.25) is 0 Å². The van der Waals surface area contributed by atoms with Crippen LogP contribution < -0.4 is 20.1 Å². The van der Waals surface area contributed by atoms with E-state index in [0.717, 1.165) is 71.9 Å². The molecule has 3 aliphatic heterocycles. The largest absolute Gasteiger partial charge is 0.497 e. The molecule has 1 saturated heterocycles. The van der Waals surface area contributed by atoms with Gasteiger partial charge in [-0.1, -0.05) is 6.07 Å². The molecule has 1 amide bonds. The van der Waals surface area contributed by atoms with Gasteiger partial charge in [-0.3, -0.25) is 14.7 Å². The average molecular weight is 491 g/mol. The maximum Gasteiger partial charge on any atom is 0.234 e. The third kappa shape index (κ3) is 4.70. The van der Waals surface area contributed by atoms with E-state index in [2.05, 4.69) is 44.8 Å². The second-order valence-electron chi connectivity index (χ2n) is 9.51. The number of likely N-dealkylation sites (tertiary alicyclic amines) is 1. The topological polar surface area (TPSA) is 75.7 Å². The Morgan fingerprint density at radius 1 is 1.23 bits per heavy atom. The van der Waals surface area contributed by atoms with Crippen LogP contribution >= 0.6 is 11.8 Å². The van der Waals surface area contributed by atoms with Gasteiger partial charge in [-0.2, -0.15) is 0 Å². The molecule has 7 nitrogen and oxygen atoms in total. The van der Waals surface area contributed by atoms with E-state index in [-0.39, 0.29) is 5.91 Å². The zero-order valence-corrected chi connectivity index (χ0v) is 20.7. The quantitative estimate of drug-likeness (QED) is 0.563. The Labute approximate surface area is 209 Å². The summed E-state index contributed by atoms with van der Waals surface area (Å²) in [7, 11) is 1.70. The lowest BCUT2D eigenvalue weighted by Crippen LogP contribution is -2.50.